The summed E-state index contributed by atoms with van der Waals surface area (Å²) in [5, 5.41) is 11.6. The number of nitrogens with one attached hydrogen (secondary N) is 1. The van der Waals surface area contributed by atoms with Gasteiger partial charge in [0.25, 0.3) is 0 Å². The Morgan fingerprint density at radius 1 is 1.14 bits per heavy atom. The number of piperazine rings is 1. The lowest BCUT2D eigenvalue weighted by atomic mass is 10.0. The molecule has 1 unspecified atom stereocenters. The van der Waals surface area contributed by atoms with Crippen LogP contribution in [0.3, 0.4) is 0 Å². The van der Waals surface area contributed by atoms with Gasteiger partial charge in [0.05, 0.1) is 0 Å². The smallest absolute Gasteiger partial charge is 0.193 e. The fraction of sp³-hybridized carbons (Fsp3) is 0.571. The largest absolute Gasteiger partial charge is 0.354 e. The number of benzene rings is 1. The molecule has 1 fully saturated rings. The van der Waals surface area contributed by atoms with Crippen molar-refractivity contribution >= 4 is 29.9 Å². The van der Waals surface area contributed by atoms with Gasteiger partial charge in [0.2, 0.25) is 0 Å². The summed E-state index contributed by atoms with van der Waals surface area (Å²) in [6.07, 6.45) is 3.84. The molecule has 0 radical (unpaired) electrons. The summed E-state index contributed by atoms with van der Waals surface area (Å²) in [5.74, 6) is 2.01. The molecule has 1 aliphatic heterocycles. The molecular weight excluding hydrogens is 477 g/mol. The van der Waals surface area contributed by atoms with Gasteiger partial charge in [-0.05, 0) is 12.0 Å². The quantitative estimate of drug-likeness (QED) is 0.352. The molecule has 0 saturated carbocycles. The lowest BCUT2D eigenvalue weighted by molar-refractivity contribution is 0.127. The van der Waals surface area contributed by atoms with E-state index in [9.17, 15) is 0 Å². The van der Waals surface area contributed by atoms with Crippen LogP contribution in [0.2, 0.25) is 0 Å². The van der Waals surface area contributed by atoms with Crippen LogP contribution in [0.1, 0.15) is 37.7 Å². The summed E-state index contributed by atoms with van der Waals surface area (Å²) < 4.78 is 2.10. The van der Waals surface area contributed by atoms with Crippen LogP contribution in [0.25, 0.3) is 0 Å². The molecule has 1 saturated heterocycles. The lowest BCUT2D eigenvalue weighted by Crippen LogP contribution is -2.53. The average Bonchev–Trinajstić information content (AvgIpc) is 3.21. The van der Waals surface area contributed by atoms with Crippen molar-refractivity contribution < 1.29 is 0 Å². The molecule has 2 aromatic rings. The second-order valence-electron chi connectivity index (χ2n) is 7.13. The number of aliphatic imine (C=N–C) groups is 1. The highest BCUT2D eigenvalue weighted by Gasteiger charge is 2.25. The lowest BCUT2D eigenvalue weighted by Gasteiger charge is -2.40. The van der Waals surface area contributed by atoms with Gasteiger partial charge in [0, 0.05) is 58.8 Å². The van der Waals surface area contributed by atoms with Crippen molar-refractivity contribution in [2.45, 2.75) is 39.3 Å². The Morgan fingerprint density at radius 3 is 2.48 bits per heavy atom. The summed E-state index contributed by atoms with van der Waals surface area (Å²) in [7, 11) is 1.86. The van der Waals surface area contributed by atoms with Crippen molar-refractivity contribution in [3.63, 3.8) is 0 Å². The number of halogens is 1. The van der Waals surface area contributed by atoms with Crippen LogP contribution in [-0.4, -0.2) is 70.3 Å². The van der Waals surface area contributed by atoms with Gasteiger partial charge < -0.3 is 14.8 Å². The highest BCUT2D eigenvalue weighted by Crippen LogP contribution is 2.25. The number of guanidine groups is 1. The van der Waals surface area contributed by atoms with Crippen molar-refractivity contribution in [1.82, 2.24) is 29.9 Å². The molecule has 3 rings (SSSR count). The van der Waals surface area contributed by atoms with Gasteiger partial charge in [0.15, 0.2) is 5.96 Å². The molecule has 1 aromatic carbocycles. The molecule has 1 N–H and O–H groups in total. The van der Waals surface area contributed by atoms with E-state index in [4.69, 9.17) is 0 Å². The molecule has 1 aliphatic rings. The second kappa shape index (κ2) is 12.1. The van der Waals surface area contributed by atoms with E-state index in [0.29, 0.717) is 6.04 Å². The number of hydrogen-bond donors (Lipinski definition) is 1. The minimum atomic E-state index is 0. The summed E-state index contributed by atoms with van der Waals surface area (Å²) in [5.41, 5.74) is 1.42. The van der Waals surface area contributed by atoms with Crippen LogP contribution in [0.5, 0.6) is 0 Å². The molecule has 0 aliphatic carbocycles. The van der Waals surface area contributed by atoms with Crippen LogP contribution < -0.4 is 5.32 Å². The van der Waals surface area contributed by atoms with E-state index in [0.717, 1.165) is 63.9 Å². The Balaban J connectivity index is 0.00000300. The number of aromatic nitrogens is 3. The maximum atomic E-state index is 4.49. The van der Waals surface area contributed by atoms with Gasteiger partial charge in [-0.25, -0.2) is 0 Å². The summed E-state index contributed by atoms with van der Waals surface area (Å²) in [6, 6.07) is 11.4. The molecular formula is C21H34IN7. The zero-order valence-electron chi connectivity index (χ0n) is 17.8. The van der Waals surface area contributed by atoms with E-state index in [2.05, 4.69) is 79.1 Å². The molecule has 1 aromatic heterocycles. The Labute approximate surface area is 191 Å². The first-order valence-electron chi connectivity index (χ1n) is 10.4. The topological polar surface area (TPSA) is 61.6 Å². The van der Waals surface area contributed by atoms with Crippen LogP contribution in [0.15, 0.2) is 41.7 Å². The SMILES string of the molecule is CCc1nncn1CCNC(=NC)N1CCN(C(CC)c2ccccc2)CC1.I. The molecule has 1 atom stereocenters. The van der Waals surface area contributed by atoms with Crippen molar-refractivity contribution in [3.8, 4) is 0 Å². The van der Waals surface area contributed by atoms with Gasteiger partial charge in [-0.1, -0.05) is 44.2 Å². The fourth-order valence-electron chi connectivity index (χ4n) is 3.99. The molecule has 0 spiro atoms. The van der Waals surface area contributed by atoms with E-state index in [1.807, 2.05) is 7.05 Å². The molecule has 8 heteroatoms. The third-order valence-corrected chi connectivity index (χ3v) is 5.49. The predicted octanol–water partition coefficient (Wildman–Crippen LogP) is 2.80. The van der Waals surface area contributed by atoms with Crippen LogP contribution in [0.4, 0.5) is 0 Å². The summed E-state index contributed by atoms with van der Waals surface area (Å²) in [6.45, 7) is 10.1. The first-order chi connectivity index (χ1) is 13.8. The van der Waals surface area contributed by atoms with Crippen molar-refractivity contribution in [1.29, 1.82) is 0 Å². The maximum Gasteiger partial charge on any atom is 0.193 e. The molecule has 160 valence electrons. The van der Waals surface area contributed by atoms with E-state index >= 15 is 0 Å². The molecule has 7 nitrogen and oxygen atoms in total. The first kappa shape index (κ1) is 23.6. The van der Waals surface area contributed by atoms with E-state index in [1.54, 1.807) is 6.33 Å². The summed E-state index contributed by atoms with van der Waals surface area (Å²) in [4.78, 5) is 9.46. The Bertz CT molecular complexity index is 738. The minimum absolute atomic E-state index is 0. The Morgan fingerprint density at radius 2 is 1.86 bits per heavy atom. The van der Waals surface area contributed by atoms with E-state index in [1.165, 1.54) is 5.56 Å². The third kappa shape index (κ3) is 6.15. The average molecular weight is 511 g/mol. The Hall–Kier alpha value is -1.68. The predicted molar refractivity (Wildman–Crippen MR) is 129 cm³/mol. The number of aryl methyl sites for hydroxylation is 1. The molecule has 29 heavy (non-hydrogen) atoms. The van der Waals surface area contributed by atoms with Gasteiger partial charge >= 0.3 is 0 Å². The van der Waals surface area contributed by atoms with Gasteiger partial charge in [0.1, 0.15) is 12.2 Å². The van der Waals surface area contributed by atoms with Gasteiger partial charge in [-0.2, -0.15) is 0 Å². The number of rotatable bonds is 7. The monoisotopic (exact) mass is 511 g/mol. The van der Waals surface area contributed by atoms with Crippen LogP contribution in [-0.2, 0) is 13.0 Å². The fourth-order valence-corrected chi connectivity index (χ4v) is 3.99. The highest BCUT2D eigenvalue weighted by atomic mass is 127. The van der Waals surface area contributed by atoms with Crippen LogP contribution in [0, 0.1) is 0 Å². The maximum absolute atomic E-state index is 4.49. The van der Waals surface area contributed by atoms with Crippen LogP contribution >= 0.6 is 24.0 Å². The molecule has 2 heterocycles. The first-order valence-corrected chi connectivity index (χ1v) is 10.4. The number of hydrogen-bond acceptors (Lipinski definition) is 4. The minimum Gasteiger partial charge on any atom is -0.354 e. The van der Waals surface area contributed by atoms with E-state index < -0.39 is 0 Å². The van der Waals surface area contributed by atoms with Crippen molar-refractivity contribution in [3.05, 3.63) is 48.0 Å². The summed E-state index contributed by atoms with van der Waals surface area (Å²) >= 11 is 0. The number of nitrogens with zero attached hydrogens (tertiary/aromatic N) is 6. The zero-order chi connectivity index (χ0) is 19.8. The van der Waals surface area contributed by atoms with Gasteiger partial charge in [-0.3, -0.25) is 9.89 Å². The van der Waals surface area contributed by atoms with E-state index in [-0.39, 0.29) is 24.0 Å². The molecule has 0 bridgehead atoms. The Kier molecular flexibility index (Phi) is 9.86. The standard InChI is InChI=1S/C21H33N7.HI/c1-4-19(18-9-7-6-8-10-18)26-13-15-27(16-14-26)21(22-3)23-11-12-28-17-24-25-20(28)5-2;/h6-10,17,19H,4-5,11-16H2,1-3H3,(H,22,23);1H. The highest BCUT2D eigenvalue weighted by molar-refractivity contribution is 14.0. The van der Waals surface area contributed by atoms with Gasteiger partial charge in [-0.15, -0.1) is 34.2 Å². The zero-order valence-corrected chi connectivity index (χ0v) is 20.1. The normalized spacial score (nSPS) is 16.4. The molecule has 0 amide bonds. The van der Waals surface area contributed by atoms with Crippen molar-refractivity contribution in [2.24, 2.45) is 4.99 Å². The van der Waals surface area contributed by atoms with Crippen molar-refractivity contribution in [2.75, 3.05) is 39.8 Å². The second-order valence-corrected chi connectivity index (χ2v) is 7.13. The third-order valence-electron chi connectivity index (χ3n) is 5.49.